The van der Waals surface area contributed by atoms with Crippen molar-refractivity contribution in [3.63, 3.8) is 0 Å². The number of fused-ring (bicyclic) bond motifs is 1. The summed E-state index contributed by atoms with van der Waals surface area (Å²) in [6.45, 7) is 5.55. The van der Waals surface area contributed by atoms with Gasteiger partial charge in [-0.15, -0.1) is 0 Å². The molecule has 2 rings (SSSR count). The molecule has 2 heterocycles. The highest BCUT2D eigenvalue weighted by Gasteiger charge is 2.54. The van der Waals surface area contributed by atoms with Gasteiger partial charge in [0.1, 0.15) is 12.2 Å². The van der Waals surface area contributed by atoms with E-state index >= 15 is 0 Å². The van der Waals surface area contributed by atoms with Gasteiger partial charge in [-0.3, -0.25) is 0 Å². The molecule has 0 radical (unpaired) electrons. The summed E-state index contributed by atoms with van der Waals surface area (Å²) in [5.41, 5.74) is 0. The van der Waals surface area contributed by atoms with E-state index in [9.17, 15) is 4.39 Å². The van der Waals surface area contributed by atoms with Crippen LogP contribution < -0.4 is 0 Å². The van der Waals surface area contributed by atoms with E-state index in [1.165, 1.54) is 0 Å². The van der Waals surface area contributed by atoms with Crippen molar-refractivity contribution in [2.75, 3.05) is 0 Å². The number of hydrogen-bond acceptors (Lipinski definition) is 3. The highest BCUT2D eigenvalue weighted by molar-refractivity contribution is 4.93. The third-order valence-electron chi connectivity index (χ3n) is 2.50. The van der Waals surface area contributed by atoms with E-state index < -0.39 is 18.2 Å². The van der Waals surface area contributed by atoms with Crippen LogP contribution in [-0.4, -0.2) is 30.5 Å². The standard InChI is InChI=1S/C9H15FO3/c1-4-5-6-7(8(10)11-5)13-9(2,3)12-6/h5-8H,4H2,1-3H3/t5-,6?,7+,8-/m1/s1. The second-order valence-electron chi connectivity index (χ2n) is 4.00. The lowest BCUT2D eigenvalue weighted by Gasteiger charge is -2.21. The normalized spacial score (nSPS) is 48.0. The minimum absolute atomic E-state index is 0.165. The monoisotopic (exact) mass is 190 g/mol. The Labute approximate surface area is 77.2 Å². The summed E-state index contributed by atoms with van der Waals surface area (Å²) in [5.74, 6) is -0.670. The van der Waals surface area contributed by atoms with E-state index in [0.29, 0.717) is 0 Å². The van der Waals surface area contributed by atoms with Crippen molar-refractivity contribution in [2.45, 2.75) is 57.6 Å². The van der Waals surface area contributed by atoms with Gasteiger partial charge in [-0.1, -0.05) is 6.92 Å². The highest BCUT2D eigenvalue weighted by atomic mass is 19.1. The Balaban J connectivity index is 2.12. The van der Waals surface area contributed by atoms with Gasteiger partial charge in [0.25, 0.3) is 0 Å². The van der Waals surface area contributed by atoms with Gasteiger partial charge in [-0.25, -0.2) is 4.39 Å². The van der Waals surface area contributed by atoms with Crippen LogP contribution in [0.15, 0.2) is 0 Å². The third-order valence-corrected chi connectivity index (χ3v) is 2.50. The van der Waals surface area contributed by atoms with E-state index in [1.807, 2.05) is 6.92 Å². The quantitative estimate of drug-likeness (QED) is 0.628. The Kier molecular flexibility index (Phi) is 2.09. The molecule has 76 valence electrons. The van der Waals surface area contributed by atoms with E-state index in [-0.39, 0.29) is 12.2 Å². The molecule has 4 heteroatoms. The summed E-state index contributed by atoms with van der Waals surface area (Å²) in [6.07, 6.45) is -1.53. The van der Waals surface area contributed by atoms with Gasteiger partial charge >= 0.3 is 0 Å². The van der Waals surface area contributed by atoms with Gasteiger partial charge < -0.3 is 14.2 Å². The summed E-state index contributed by atoms with van der Waals surface area (Å²) >= 11 is 0. The van der Waals surface area contributed by atoms with E-state index in [2.05, 4.69) is 0 Å². The average Bonchev–Trinajstić information content (AvgIpc) is 2.47. The van der Waals surface area contributed by atoms with Gasteiger partial charge in [0.05, 0.1) is 6.10 Å². The van der Waals surface area contributed by atoms with E-state index in [0.717, 1.165) is 6.42 Å². The van der Waals surface area contributed by atoms with Crippen LogP contribution in [0.5, 0.6) is 0 Å². The first-order valence-corrected chi connectivity index (χ1v) is 4.68. The van der Waals surface area contributed by atoms with Crippen LogP contribution in [0, 0.1) is 0 Å². The van der Waals surface area contributed by atoms with Crippen molar-refractivity contribution in [2.24, 2.45) is 0 Å². The van der Waals surface area contributed by atoms with Crippen LogP contribution in [0.1, 0.15) is 27.2 Å². The third kappa shape index (κ3) is 1.47. The zero-order valence-corrected chi connectivity index (χ0v) is 8.12. The van der Waals surface area contributed by atoms with Crippen molar-refractivity contribution in [1.29, 1.82) is 0 Å². The minimum Gasteiger partial charge on any atom is -0.342 e. The molecule has 0 spiro atoms. The Morgan fingerprint density at radius 1 is 1.23 bits per heavy atom. The summed E-state index contributed by atoms with van der Waals surface area (Å²) in [4.78, 5) is 0. The first-order valence-electron chi connectivity index (χ1n) is 4.68. The van der Waals surface area contributed by atoms with Crippen molar-refractivity contribution < 1.29 is 18.6 Å². The first-order chi connectivity index (χ1) is 6.03. The van der Waals surface area contributed by atoms with Crippen molar-refractivity contribution in [1.82, 2.24) is 0 Å². The molecular formula is C9H15FO3. The number of halogens is 1. The number of alkyl halides is 1. The van der Waals surface area contributed by atoms with Gasteiger partial charge in [-0.05, 0) is 20.3 Å². The number of ether oxygens (including phenoxy) is 3. The molecule has 2 aliphatic rings. The summed E-state index contributed by atoms with van der Waals surface area (Å²) in [7, 11) is 0. The first kappa shape index (κ1) is 9.37. The SMILES string of the molecule is CC[C@H]1O[C@@H](F)[C@H]2OC(C)(C)OC12. The molecule has 0 aromatic heterocycles. The molecule has 0 saturated carbocycles. The van der Waals surface area contributed by atoms with Gasteiger partial charge in [0, 0.05) is 0 Å². The molecule has 2 fully saturated rings. The van der Waals surface area contributed by atoms with Crippen LogP contribution in [-0.2, 0) is 14.2 Å². The highest BCUT2D eigenvalue weighted by Crippen LogP contribution is 2.39. The molecule has 3 nitrogen and oxygen atoms in total. The molecule has 4 atom stereocenters. The maximum absolute atomic E-state index is 13.2. The van der Waals surface area contributed by atoms with Crippen LogP contribution in [0.25, 0.3) is 0 Å². The molecule has 13 heavy (non-hydrogen) atoms. The topological polar surface area (TPSA) is 27.7 Å². The number of rotatable bonds is 1. The molecule has 0 aliphatic carbocycles. The molecule has 0 aromatic carbocycles. The molecular weight excluding hydrogens is 175 g/mol. The molecule has 0 amide bonds. The maximum atomic E-state index is 13.2. The zero-order valence-electron chi connectivity index (χ0n) is 8.12. The van der Waals surface area contributed by atoms with Gasteiger partial charge in [-0.2, -0.15) is 0 Å². The van der Waals surface area contributed by atoms with E-state index in [4.69, 9.17) is 14.2 Å². The summed E-state index contributed by atoms with van der Waals surface area (Å²) < 4.78 is 29.2. The Bertz CT molecular complexity index is 207. The van der Waals surface area contributed by atoms with Crippen LogP contribution in [0.3, 0.4) is 0 Å². The molecule has 0 aromatic rings. The molecule has 2 aliphatic heterocycles. The van der Waals surface area contributed by atoms with Gasteiger partial charge in [0.15, 0.2) is 5.79 Å². The Morgan fingerprint density at radius 2 is 1.85 bits per heavy atom. The minimum atomic E-state index is -1.34. The van der Waals surface area contributed by atoms with Crippen molar-refractivity contribution in [3.8, 4) is 0 Å². The summed E-state index contributed by atoms with van der Waals surface area (Å²) in [6, 6.07) is 0. The Morgan fingerprint density at radius 3 is 2.46 bits per heavy atom. The van der Waals surface area contributed by atoms with Crippen molar-refractivity contribution >= 4 is 0 Å². The molecule has 2 saturated heterocycles. The van der Waals surface area contributed by atoms with Crippen LogP contribution >= 0.6 is 0 Å². The van der Waals surface area contributed by atoms with Crippen LogP contribution in [0.2, 0.25) is 0 Å². The maximum Gasteiger partial charge on any atom is 0.228 e. The fourth-order valence-corrected chi connectivity index (χ4v) is 1.96. The largest absolute Gasteiger partial charge is 0.342 e. The Hall–Kier alpha value is -0.190. The predicted octanol–water partition coefficient (Wildman–Crippen LogP) is 1.61. The zero-order chi connectivity index (χ0) is 9.64. The lowest BCUT2D eigenvalue weighted by Crippen LogP contribution is -2.28. The fraction of sp³-hybridized carbons (Fsp3) is 1.00. The molecule has 0 N–H and O–H groups in total. The van der Waals surface area contributed by atoms with E-state index in [1.54, 1.807) is 13.8 Å². The second kappa shape index (κ2) is 2.90. The molecule has 0 bridgehead atoms. The summed E-state index contributed by atoms with van der Waals surface area (Å²) in [5, 5.41) is 0. The average molecular weight is 190 g/mol. The molecule has 1 unspecified atom stereocenters. The van der Waals surface area contributed by atoms with Crippen molar-refractivity contribution in [3.05, 3.63) is 0 Å². The lowest BCUT2D eigenvalue weighted by molar-refractivity contribution is -0.203. The predicted molar refractivity (Wildman–Crippen MR) is 43.9 cm³/mol. The smallest absolute Gasteiger partial charge is 0.228 e. The van der Waals surface area contributed by atoms with Gasteiger partial charge in [0.2, 0.25) is 6.36 Å². The van der Waals surface area contributed by atoms with Crippen LogP contribution in [0.4, 0.5) is 4.39 Å². The second-order valence-corrected chi connectivity index (χ2v) is 4.00. The fourth-order valence-electron chi connectivity index (χ4n) is 1.96. The lowest BCUT2D eigenvalue weighted by atomic mass is 10.1. The number of hydrogen-bond donors (Lipinski definition) is 0.